The van der Waals surface area contributed by atoms with Crippen LogP contribution in [0.5, 0.6) is 17.2 Å². The molecule has 0 bridgehead atoms. The molecule has 4 nitrogen and oxygen atoms in total. The summed E-state index contributed by atoms with van der Waals surface area (Å²) in [6.07, 6.45) is 0.669. The molecule has 0 saturated heterocycles. The molecule has 0 aromatic heterocycles. The van der Waals surface area contributed by atoms with Crippen LogP contribution in [0.1, 0.15) is 5.56 Å². The van der Waals surface area contributed by atoms with Crippen molar-refractivity contribution in [2.75, 3.05) is 27.8 Å². The summed E-state index contributed by atoms with van der Waals surface area (Å²) < 4.78 is 10.2. The molecule has 0 aliphatic heterocycles. The average molecular weight is 246 g/mol. The first-order valence-electron chi connectivity index (χ1n) is 4.92. The van der Waals surface area contributed by atoms with Gasteiger partial charge in [0.1, 0.15) is 10.8 Å². The summed E-state index contributed by atoms with van der Waals surface area (Å²) in [4.78, 5) is 0. The molecule has 90 valence electrons. The lowest BCUT2D eigenvalue weighted by Gasteiger charge is -2.14. The summed E-state index contributed by atoms with van der Waals surface area (Å²) in [5.41, 5.74) is 0.733. The minimum Gasteiger partial charge on any atom is -0.506 e. The van der Waals surface area contributed by atoms with Gasteiger partial charge >= 0.3 is 0 Å². The Labute approximate surface area is 100 Å². The van der Waals surface area contributed by atoms with Gasteiger partial charge in [0.15, 0.2) is 11.5 Å². The van der Waals surface area contributed by atoms with Crippen LogP contribution < -0.4 is 14.8 Å². The number of hydrogen-bond acceptors (Lipinski definition) is 4. The summed E-state index contributed by atoms with van der Waals surface area (Å²) in [6.45, 7) is 0.749. The first kappa shape index (κ1) is 12.9. The molecule has 0 radical (unpaired) electrons. The molecule has 2 N–H and O–H groups in total. The minimum atomic E-state index is 0.0505. The predicted octanol–water partition coefficient (Wildman–Crippen LogP) is 1.82. The minimum absolute atomic E-state index is 0.0505. The number of phenolic OH excluding ortho intramolecular Hbond substituents is 1. The first-order chi connectivity index (χ1) is 7.65. The zero-order valence-corrected chi connectivity index (χ0v) is 10.4. The van der Waals surface area contributed by atoms with Gasteiger partial charge in [0, 0.05) is 5.56 Å². The van der Waals surface area contributed by atoms with E-state index in [1.54, 1.807) is 6.07 Å². The lowest BCUT2D eigenvalue weighted by molar-refractivity contribution is 0.350. The third-order valence-electron chi connectivity index (χ3n) is 2.31. The molecular weight excluding hydrogens is 230 g/mol. The van der Waals surface area contributed by atoms with E-state index in [1.165, 1.54) is 14.2 Å². The van der Waals surface area contributed by atoms with Gasteiger partial charge in [0.05, 0.1) is 14.2 Å². The summed E-state index contributed by atoms with van der Waals surface area (Å²) in [5, 5.41) is 13.1. The Bertz CT molecular complexity index is 369. The van der Waals surface area contributed by atoms with Crippen LogP contribution in [0.4, 0.5) is 0 Å². The van der Waals surface area contributed by atoms with E-state index in [1.807, 2.05) is 7.05 Å². The molecule has 0 fully saturated rings. The number of rotatable bonds is 5. The molecular formula is C11H16ClNO3. The second kappa shape index (κ2) is 5.82. The predicted molar refractivity (Wildman–Crippen MR) is 63.9 cm³/mol. The molecule has 0 saturated carbocycles. The van der Waals surface area contributed by atoms with Gasteiger partial charge in [-0.15, -0.1) is 0 Å². The fourth-order valence-corrected chi connectivity index (χ4v) is 1.73. The van der Waals surface area contributed by atoms with E-state index in [4.69, 9.17) is 21.1 Å². The Morgan fingerprint density at radius 2 is 2.06 bits per heavy atom. The smallest absolute Gasteiger partial charge is 0.183 e. The van der Waals surface area contributed by atoms with Crippen molar-refractivity contribution < 1.29 is 14.6 Å². The molecule has 0 aliphatic carbocycles. The zero-order chi connectivity index (χ0) is 12.1. The molecule has 0 atom stereocenters. The Morgan fingerprint density at radius 1 is 1.38 bits per heavy atom. The third-order valence-corrected chi connectivity index (χ3v) is 2.66. The highest BCUT2D eigenvalue weighted by molar-refractivity contribution is 6.33. The molecule has 5 heteroatoms. The highest BCUT2D eigenvalue weighted by atomic mass is 35.5. The van der Waals surface area contributed by atoms with E-state index in [-0.39, 0.29) is 10.8 Å². The highest BCUT2D eigenvalue weighted by Gasteiger charge is 2.17. The normalized spacial score (nSPS) is 10.2. The second-order valence-corrected chi connectivity index (χ2v) is 3.67. The third kappa shape index (κ3) is 2.51. The van der Waals surface area contributed by atoms with Crippen molar-refractivity contribution >= 4 is 11.6 Å². The number of ether oxygens (including phenoxy) is 2. The van der Waals surface area contributed by atoms with Gasteiger partial charge in [-0.3, -0.25) is 0 Å². The summed E-state index contributed by atoms with van der Waals surface area (Å²) >= 11 is 5.99. The summed E-state index contributed by atoms with van der Waals surface area (Å²) in [5.74, 6) is 0.931. The molecule has 1 rings (SSSR count). The van der Waals surface area contributed by atoms with E-state index < -0.39 is 0 Å². The van der Waals surface area contributed by atoms with Crippen LogP contribution in [-0.4, -0.2) is 32.9 Å². The molecule has 1 aromatic carbocycles. The van der Waals surface area contributed by atoms with Crippen LogP contribution >= 0.6 is 11.6 Å². The summed E-state index contributed by atoms with van der Waals surface area (Å²) in [6, 6.07) is 1.73. The second-order valence-electron chi connectivity index (χ2n) is 3.29. The quantitative estimate of drug-likeness (QED) is 0.831. The number of likely N-dealkylation sites (N-methyl/N-ethyl adjacent to an activating group) is 1. The lowest BCUT2D eigenvalue weighted by Crippen LogP contribution is -2.10. The highest BCUT2D eigenvalue weighted by Crippen LogP contribution is 2.43. The first-order valence-corrected chi connectivity index (χ1v) is 5.30. The maximum absolute atomic E-state index is 9.86. The van der Waals surface area contributed by atoms with Crippen LogP contribution in [0.15, 0.2) is 6.07 Å². The van der Waals surface area contributed by atoms with Gasteiger partial charge in [-0.2, -0.15) is 0 Å². The van der Waals surface area contributed by atoms with E-state index in [0.29, 0.717) is 17.9 Å². The fourth-order valence-electron chi connectivity index (χ4n) is 1.44. The molecule has 0 unspecified atom stereocenters. The number of benzene rings is 1. The van der Waals surface area contributed by atoms with Gasteiger partial charge in [-0.05, 0) is 26.1 Å². The number of halogens is 1. The van der Waals surface area contributed by atoms with Gasteiger partial charge in [0.25, 0.3) is 0 Å². The molecule has 16 heavy (non-hydrogen) atoms. The number of nitrogens with one attached hydrogen (secondary N) is 1. The van der Waals surface area contributed by atoms with Crippen molar-refractivity contribution in [3.05, 3.63) is 16.7 Å². The average Bonchev–Trinajstić information content (AvgIpc) is 2.30. The molecule has 0 aliphatic rings. The van der Waals surface area contributed by atoms with Crippen molar-refractivity contribution in [1.82, 2.24) is 5.32 Å². The van der Waals surface area contributed by atoms with Crippen LogP contribution in [-0.2, 0) is 6.42 Å². The van der Waals surface area contributed by atoms with Crippen LogP contribution in [0.25, 0.3) is 0 Å². The van der Waals surface area contributed by atoms with Crippen LogP contribution in [0, 0.1) is 0 Å². The van der Waals surface area contributed by atoms with E-state index in [9.17, 15) is 5.11 Å². The number of methoxy groups -OCH3 is 2. The van der Waals surface area contributed by atoms with E-state index in [0.717, 1.165) is 12.1 Å². The number of aromatic hydroxyl groups is 1. The Morgan fingerprint density at radius 3 is 2.56 bits per heavy atom. The maximum atomic E-state index is 9.86. The molecule has 0 amide bonds. The summed E-state index contributed by atoms with van der Waals surface area (Å²) in [7, 11) is 4.86. The number of hydrogen-bond donors (Lipinski definition) is 2. The number of phenols is 1. The van der Waals surface area contributed by atoms with E-state index >= 15 is 0 Å². The van der Waals surface area contributed by atoms with Gasteiger partial charge < -0.3 is 19.9 Å². The fraction of sp³-hybridized carbons (Fsp3) is 0.455. The Hall–Kier alpha value is -1.13. The van der Waals surface area contributed by atoms with Gasteiger partial charge in [-0.1, -0.05) is 11.6 Å². The van der Waals surface area contributed by atoms with Crippen molar-refractivity contribution in [2.45, 2.75) is 6.42 Å². The van der Waals surface area contributed by atoms with E-state index in [2.05, 4.69) is 5.32 Å². The standard InChI is InChI=1S/C11H16ClNO3/c1-13-5-4-7-6-8(15-2)11(16-3)9(12)10(7)14/h6,13-14H,4-5H2,1-3H3. The van der Waals surface area contributed by atoms with Crippen molar-refractivity contribution in [3.63, 3.8) is 0 Å². The molecule has 0 heterocycles. The SMILES string of the molecule is CNCCc1cc(OC)c(OC)c(Cl)c1O. The lowest BCUT2D eigenvalue weighted by atomic mass is 10.1. The van der Waals surface area contributed by atoms with Crippen LogP contribution in [0.3, 0.4) is 0 Å². The largest absolute Gasteiger partial charge is 0.506 e. The topological polar surface area (TPSA) is 50.7 Å². The molecule has 0 spiro atoms. The monoisotopic (exact) mass is 245 g/mol. The maximum Gasteiger partial charge on any atom is 0.183 e. The van der Waals surface area contributed by atoms with Crippen LogP contribution in [0.2, 0.25) is 5.02 Å². The van der Waals surface area contributed by atoms with Crippen molar-refractivity contribution in [3.8, 4) is 17.2 Å². The van der Waals surface area contributed by atoms with Gasteiger partial charge in [0.2, 0.25) is 0 Å². The van der Waals surface area contributed by atoms with Crippen molar-refractivity contribution in [1.29, 1.82) is 0 Å². The zero-order valence-electron chi connectivity index (χ0n) is 9.63. The van der Waals surface area contributed by atoms with Gasteiger partial charge in [-0.25, -0.2) is 0 Å². The Kier molecular flexibility index (Phi) is 4.71. The Balaban J connectivity index is 3.16. The molecule has 1 aromatic rings. The van der Waals surface area contributed by atoms with Crippen molar-refractivity contribution in [2.24, 2.45) is 0 Å².